The predicted molar refractivity (Wildman–Crippen MR) is 95.2 cm³/mol. The van der Waals surface area contributed by atoms with Gasteiger partial charge in [-0.2, -0.15) is 9.98 Å². The molecule has 0 atom stereocenters. The molecule has 0 radical (unpaired) electrons. The molecule has 0 spiro atoms. The van der Waals surface area contributed by atoms with Crippen LogP contribution in [-0.2, 0) is 6.54 Å². The molecule has 2 aromatic heterocycles. The van der Waals surface area contributed by atoms with Crippen molar-refractivity contribution >= 4 is 18.0 Å². The maximum Gasteiger partial charge on any atom is 0.325 e. The molecule has 9 heteroatoms. The smallest absolute Gasteiger partial charge is 0.325 e. The van der Waals surface area contributed by atoms with Gasteiger partial charge in [0.1, 0.15) is 12.0 Å². The van der Waals surface area contributed by atoms with Gasteiger partial charge in [-0.05, 0) is 18.6 Å². The zero-order valence-corrected chi connectivity index (χ0v) is 14.4. The summed E-state index contributed by atoms with van der Waals surface area (Å²) in [5.41, 5.74) is 7.65. The van der Waals surface area contributed by atoms with Crippen LogP contribution < -0.4 is 21.7 Å². The van der Waals surface area contributed by atoms with E-state index in [0.29, 0.717) is 23.6 Å². The molecule has 9 nitrogen and oxygen atoms in total. The molecule has 0 bridgehead atoms. The lowest BCUT2D eigenvalue weighted by Crippen LogP contribution is -2.32. The molecular formula is C16H23N7O2. The van der Waals surface area contributed by atoms with Gasteiger partial charge in [0, 0.05) is 13.6 Å². The lowest BCUT2D eigenvalue weighted by atomic mass is 10.2. The van der Waals surface area contributed by atoms with E-state index in [1.165, 1.54) is 6.26 Å². The Bertz CT molecular complexity index is 727. The quantitative estimate of drug-likeness (QED) is 0.342. The zero-order valence-electron chi connectivity index (χ0n) is 14.4. The minimum Gasteiger partial charge on any atom is -0.430 e. The molecule has 25 heavy (non-hydrogen) atoms. The number of aliphatic imine (C=N–C) groups is 1. The molecule has 0 fully saturated rings. The Hall–Kier alpha value is -3.10. The average Bonchev–Trinajstić information content (AvgIpc) is 3.08. The number of rotatable bonds is 7. The van der Waals surface area contributed by atoms with Crippen molar-refractivity contribution in [2.24, 2.45) is 10.7 Å². The molecule has 0 saturated carbocycles. The fourth-order valence-corrected chi connectivity index (χ4v) is 1.95. The van der Waals surface area contributed by atoms with E-state index in [2.05, 4.69) is 37.8 Å². The Balaban J connectivity index is 2.04. The minimum absolute atomic E-state index is 0.159. The van der Waals surface area contributed by atoms with Crippen molar-refractivity contribution in [3.8, 4) is 11.4 Å². The molecule has 0 aliphatic rings. The number of guanidine groups is 1. The lowest BCUT2D eigenvalue weighted by molar-refractivity contribution is 0.242. The topological polar surface area (TPSA) is 130 Å². The van der Waals surface area contributed by atoms with E-state index in [0.717, 1.165) is 19.4 Å². The zero-order chi connectivity index (χ0) is 18.1. The highest BCUT2D eigenvalue weighted by Gasteiger charge is 2.09. The van der Waals surface area contributed by atoms with Crippen LogP contribution >= 0.6 is 0 Å². The number of hydrogen-bond donors (Lipinski definition) is 4. The van der Waals surface area contributed by atoms with Crippen LogP contribution in [0.2, 0.25) is 0 Å². The predicted octanol–water partition coefficient (Wildman–Crippen LogP) is 1.50. The first-order chi connectivity index (χ1) is 12.1. The van der Waals surface area contributed by atoms with Crippen LogP contribution in [0, 0.1) is 0 Å². The van der Waals surface area contributed by atoms with Crippen LogP contribution in [0.25, 0.3) is 11.4 Å². The number of urea groups is 1. The largest absolute Gasteiger partial charge is 0.430 e. The van der Waals surface area contributed by atoms with Gasteiger partial charge in [-0.1, -0.05) is 19.4 Å². The SMILES string of the molecule is CCCCN/C(N)=N/c1nc(-c2cccc(CNC(=O)NC)n2)co1. The van der Waals surface area contributed by atoms with E-state index in [1.54, 1.807) is 13.1 Å². The van der Waals surface area contributed by atoms with Gasteiger partial charge in [0.15, 0.2) is 5.96 Å². The van der Waals surface area contributed by atoms with Crippen molar-refractivity contribution in [2.45, 2.75) is 26.3 Å². The van der Waals surface area contributed by atoms with Gasteiger partial charge in [-0.3, -0.25) is 0 Å². The first-order valence-electron chi connectivity index (χ1n) is 8.07. The number of carbonyl (C=O) groups excluding carboxylic acids is 1. The van der Waals surface area contributed by atoms with Gasteiger partial charge >= 0.3 is 12.0 Å². The summed E-state index contributed by atoms with van der Waals surface area (Å²) in [6.07, 6.45) is 3.55. The van der Waals surface area contributed by atoms with Gasteiger partial charge in [-0.25, -0.2) is 9.78 Å². The Morgan fingerprint density at radius 2 is 2.12 bits per heavy atom. The minimum atomic E-state index is -0.267. The molecule has 0 aromatic carbocycles. The van der Waals surface area contributed by atoms with Crippen molar-refractivity contribution in [3.63, 3.8) is 0 Å². The fraction of sp³-hybridized carbons (Fsp3) is 0.375. The van der Waals surface area contributed by atoms with Crippen LogP contribution in [-0.4, -0.2) is 35.6 Å². The van der Waals surface area contributed by atoms with Gasteiger partial charge < -0.3 is 26.1 Å². The van der Waals surface area contributed by atoms with Crippen LogP contribution in [0.5, 0.6) is 0 Å². The summed E-state index contributed by atoms with van der Waals surface area (Å²) in [7, 11) is 1.55. The summed E-state index contributed by atoms with van der Waals surface area (Å²) < 4.78 is 5.31. The van der Waals surface area contributed by atoms with Crippen molar-refractivity contribution < 1.29 is 9.21 Å². The Labute approximate surface area is 146 Å². The van der Waals surface area contributed by atoms with Crippen molar-refractivity contribution in [1.29, 1.82) is 0 Å². The average molecular weight is 345 g/mol. The van der Waals surface area contributed by atoms with Crippen molar-refractivity contribution in [2.75, 3.05) is 13.6 Å². The molecule has 0 unspecified atom stereocenters. The highest BCUT2D eigenvalue weighted by atomic mass is 16.4. The van der Waals surface area contributed by atoms with Crippen LogP contribution in [0.4, 0.5) is 10.8 Å². The normalized spacial score (nSPS) is 11.2. The van der Waals surface area contributed by atoms with Crippen LogP contribution in [0.15, 0.2) is 33.9 Å². The monoisotopic (exact) mass is 345 g/mol. The van der Waals surface area contributed by atoms with E-state index >= 15 is 0 Å². The molecule has 134 valence electrons. The number of nitrogens with one attached hydrogen (secondary N) is 3. The maximum atomic E-state index is 11.2. The van der Waals surface area contributed by atoms with Crippen molar-refractivity contribution in [3.05, 3.63) is 30.2 Å². The summed E-state index contributed by atoms with van der Waals surface area (Å²) in [5.74, 6) is 0.262. The number of carbonyl (C=O) groups is 1. The molecule has 2 amide bonds. The first kappa shape index (κ1) is 18.2. The van der Waals surface area contributed by atoms with Crippen molar-refractivity contribution in [1.82, 2.24) is 25.9 Å². The third kappa shape index (κ3) is 5.79. The van der Waals surface area contributed by atoms with E-state index in [9.17, 15) is 4.79 Å². The second-order valence-electron chi connectivity index (χ2n) is 5.24. The second-order valence-corrected chi connectivity index (χ2v) is 5.24. The first-order valence-corrected chi connectivity index (χ1v) is 8.07. The van der Waals surface area contributed by atoms with E-state index in [4.69, 9.17) is 10.2 Å². The van der Waals surface area contributed by atoms with E-state index in [-0.39, 0.29) is 18.0 Å². The lowest BCUT2D eigenvalue weighted by Gasteiger charge is -2.04. The number of amides is 2. The maximum absolute atomic E-state index is 11.2. The molecular weight excluding hydrogens is 322 g/mol. The summed E-state index contributed by atoms with van der Waals surface area (Å²) in [5, 5.41) is 8.15. The van der Waals surface area contributed by atoms with E-state index in [1.807, 2.05) is 12.1 Å². The van der Waals surface area contributed by atoms with Gasteiger partial charge in [0.2, 0.25) is 0 Å². The fourth-order valence-electron chi connectivity index (χ4n) is 1.95. The molecule has 2 aromatic rings. The molecule has 2 heterocycles. The number of unbranched alkanes of at least 4 members (excludes halogenated alkanes) is 1. The molecule has 5 N–H and O–H groups in total. The van der Waals surface area contributed by atoms with Gasteiger partial charge in [-0.15, -0.1) is 0 Å². The second kappa shape index (κ2) is 9.26. The number of hydrogen-bond acceptors (Lipinski definition) is 5. The summed E-state index contributed by atoms with van der Waals surface area (Å²) >= 11 is 0. The molecule has 0 aliphatic carbocycles. The summed E-state index contributed by atoms with van der Waals surface area (Å²) in [4.78, 5) is 24.0. The van der Waals surface area contributed by atoms with Crippen LogP contribution in [0.1, 0.15) is 25.5 Å². The Morgan fingerprint density at radius 1 is 1.28 bits per heavy atom. The summed E-state index contributed by atoms with van der Waals surface area (Å²) in [6, 6.07) is 5.34. The highest BCUT2D eigenvalue weighted by Crippen LogP contribution is 2.20. The summed E-state index contributed by atoms with van der Waals surface area (Å²) in [6.45, 7) is 3.16. The third-order valence-corrected chi connectivity index (χ3v) is 3.27. The molecule has 0 aliphatic heterocycles. The number of aromatic nitrogens is 2. The molecule has 0 saturated heterocycles. The third-order valence-electron chi connectivity index (χ3n) is 3.27. The highest BCUT2D eigenvalue weighted by molar-refractivity contribution is 5.79. The number of nitrogens with two attached hydrogens (primary N) is 1. The standard InChI is InChI=1S/C16H23N7O2/c1-3-4-8-19-14(17)23-16-22-13(10-25-16)12-7-5-6-11(21-12)9-20-15(24)18-2/h5-7,10H,3-4,8-9H2,1-2H3,(H2,18,20,24)(H3,17,19,22,23). The Kier molecular flexibility index (Phi) is 6.76. The number of pyridine rings is 1. The molecule has 2 rings (SSSR count). The Morgan fingerprint density at radius 3 is 2.88 bits per heavy atom. The van der Waals surface area contributed by atoms with Gasteiger partial charge in [0.25, 0.3) is 0 Å². The van der Waals surface area contributed by atoms with Crippen LogP contribution in [0.3, 0.4) is 0 Å². The number of nitrogens with zero attached hydrogens (tertiary/aromatic N) is 3. The number of oxazole rings is 1. The van der Waals surface area contributed by atoms with Gasteiger partial charge in [0.05, 0.1) is 17.9 Å². The van der Waals surface area contributed by atoms with E-state index < -0.39 is 0 Å².